The van der Waals surface area contributed by atoms with Gasteiger partial charge in [0.05, 0.1) is 0 Å². The summed E-state index contributed by atoms with van der Waals surface area (Å²) in [6.07, 6.45) is 1.28. The van der Waals surface area contributed by atoms with Crippen LogP contribution in [0.2, 0.25) is 0 Å². The van der Waals surface area contributed by atoms with Crippen molar-refractivity contribution in [1.82, 2.24) is 4.90 Å². The lowest BCUT2D eigenvalue weighted by atomic mass is 10.2. The molecular formula is C12H16N2O. The van der Waals surface area contributed by atoms with Crippen molar-refractivity contribution in [2.24, 2.45) is 5.16 Å². The maximum atomic E-state index is 5.14. The molecule has 1 aromatic carbocycles. The summed E-state index contributed by atoms with van der Waals surface area (Å²) in [5.41, 5.74) is 1.35. The molecule has 1 fully saturated rings. The Morgan fingerprint density at radius 1 is 1.40 bits per heavy atom. The number of likely N-dealkylation sites (tertiary alicyclic amines) is 1. The summed E-state index contributed by atoms with van der Waals surface area (Å²) in [5, 5.41) is 3.48. The van der Waals surface area contributed by atoms with Gasteiger partial charge in [0.2, 0.25) is 0 Å². The van der Waals surface area contributed by atoms with Gasteiger partial charge in [0.1, 0.15) is 6.10 Å². The number of hydrogen-bond acceptors (Lipinski definition) is 3. The highest BCUT2D eigenvalue weighted by Crippen LogP contribution is 2.15. The molecule has 0 aliphatic carbocycles. The van der Waals surface area contributed by atoms with E-state index >= 15 is 0 Å². The molecule has 80 valence electrons. The summed E-state index contributed by atoms with van der Waals surface area (Å²) < 4.78 is 0. The summed E-state index contributed by atoms with van der Waals surface area (Å²) in [5.74, 6) is 0. The normalized spacial score (nSPS) is 21.5. The molecule has 2 rings (SSSR count). The van der Waals surface area contributed by atoms with Crippen LogP contribution < -0.4 is 0 Å². The minimum atomic E-state index is 0.228. The highest BCUT2D eigenvalue weighted by Gasteiger charge is 2.23. The number of rotatable bonds is 4. The number of nitrogens with zero attached hydrogens (tertiary/aromatic N) is 2. The predicted molar refractivity (Wildman–Crippen MR) is 60.8 cm³/mol. The van der Waals surface area contributed by atoms with Crippen molar-refractivity contribution in [2.75, 3.05) is 13.1 Å². The number of oxime groups is 1. The lowest BCUT2D eigenvalue weighted by Crippen LogP contribution is -2.22. The minimum Gasteiger partial charge on any atom is -0.392 e. The average Bonchev–Trinajstić information content (AvgIpc) is 2.68. The second kappa shape index (κ2) is 4.94. The molecule has 0 aromatic heterocycles. The molecule has 1 heterocycles. The van der Waals surface area contributed by atoms with Gasteiger partial charge in [-0.15, -0.1) is 5.16 Å². The van der Waals surface area contributed by atoms with Crippen LogP contribution in [0.4, 0.5) is 0 Å². The van der Waals surface area contributed by atoms with Crippen LogP contribution in [-0.4, -0.2) is 30.8 Å². The molecule has 3 nitrogen and oxygen atoms in total. The SMILES string of the molecule is C=NO[C@@H]1CCN(Cc2ccccc2)C1. The minimum absolute atomic E-state index is 0.228. The summed E-state index contributed by atoms with van der Waals surface area (Å²) >= 11 is 0. The van der Waals surface area contributed by atoms with Crippen molar-refractivity contribution < 1.29 is 4.84 Å². The molecule has 0 spiro atoms. The van der Waals surface area contributed by atoms with Crippen molar-refractivity contribution in [2.45, 2.75) is 19.1 Å². The zero-order valence-electron chi connectivity index (χ0n) is 8.80. The molecule has 0 unspecified atom stereocenters. The maximum absolute atomic E-state index is 5.14. The molecule has 1 atom stereocenters. The van der Waals surface area contributed by atoms with E-state index < -0.39 is 0 Å². The van der Waals surface area contributed by atoms with Crippen molar-refractivity contribution in [3.05, 3.63) is 35.9 Å². The molecule has 1 saturated heterocycles. The van der Waals surface area contributed by atoms with E-state index in [1.807, 2.05) is 6.07 Å². The topological polar surface area (TPSA) is 24.8 Å². The van der Waals surface area contributed by atoms with Crippen LogP contribution in [0.25, 0.3) is 0 Å². The summed E-state index contributed by atoms with van der Waals surface area (Å²) in [6.45, 7) is 6.37. The highest BCUT2D eigenvalue weighted by molar-refractivity contribution is 5.21. The molecule has 0 N–H and O–H groups in total. The van der Waals surface area contributed by atoms with Crippen molar-refractivity contribution in [3.63, 3.8) is 0 Å². The average molecular weight is 204 g/mol. The Labute approximate surface area is 90.3 Å². The maximum Gasteiger partial charge on any atom is 0.141 e. The highest BCUT2D eigenvalue weighted by atomic mass is 16.6. The van der Waals surface area contributed by atoms with E-state index in [0.29, 0.717) is 0 Å². The molecule has 1 aliphatic heterocycles. The Morgan fingerprint density at radius 3 is 2.93 bits per heavy atom. The van der Waals surface area contributed by atoms with Gasteiger partial charge in [-0.05, 0) is 5.56 Å². The van der Waals surface area contributed by atoms with E-state index in [1.165, 1.54) is 5.56 Å². The van der Waals surface area contributed by atoms with Crippen LogP contribution in [0.1, 0.15) is 12.0 Å². The molecule has 0 amide bonds. The van der Waals surface area contributed by atoms with E-state index in [9.17, 15) is 0 Å². The lowest BCUT2D eigenvalue weighted by molar-refractivity contribution is 0.0664. The molecule has 1 aromatic rings. The standard InChI is InChI=1S/C12H16N2O/c1-13-15-12-7-8-14(10-12)9-11-5-3-2-4-6-11/h2-6,12H,1,7-10H2/t12-/m1/s1. The van der Waals surface area contributed by atoms with Gasteiger partial charge in [0.25, 0.3) is 0 Å². The Morgan fingerprint density at radius 2 is 2.20 bits per heavy atom. The first-order valence-corrected chi connectivity index (χ1v) is 5.26. The monoisotopic (exact) mass is 204 g/mol. The fourth-order valence-electron chi connectivity index (χ4n) is 1.97. The van der Waals surface area contributed by atoms with Gasteiger partial charge in [-0.3, -0.25) is 4.90 Å². The molecule has 3 heteroatoms. The van der Waals surface area contributed by atoms with Gasteiger partial charge in [-0.2, -0.15) is 0 Å². The van der Waals surface area contributed by atoms with Gasteiger partial charge in [0, 0.05) is 32.8 Å². The van der Waals surface area contributed by atoms with E-state index in [4.69, 9.17) is 4.84 Å². The van der Waals surface area contributed by atoms with Crippen molar-refractivity contribution in [1.29, 1.82) is 0 Å². The molecular weight excluding hydrogens is 188 g/mol. The van der Waals surface area contributed by atoms with Crippen LogP contribution in [-0.2, 0) is 11.4 Å². The van der Waals surface area contributed by atoms with E-state index in [-0.39, 0.29) is 6.10 Å². The van der Waals surface area contributed by atoms with Gasteiger partial charge < -0.3 is 4.84 Å². The molecule has 1 aliphatic rings. The van der Waals surface area contributed by atoms with Gasteiger partial charge in [-0.1, -0.05) is 30.3 Å². The van der Waals surface area contributed by atoms with Crippen LogP contribution in [0.3, 0.4) is 0 Å². The zero-order chi connectivity index (χ0) is 10.5. The van der Waals surface area contributed by atoms with E-state index in [2.05, 4.69) is 41.0 Å². The quantitative estimate of drug-likeness (QED) is 0.552. The lowest BCUT2D eigenvalue weighted by Gasteiger charge is -2.14. The fourth-order valence-corrected chi connectivity index (χ4v) is 1.97. The molecule has 0 bridgehead atoms. The predicted octanol–water partition coefficient (Wildman–Crippen LogP) is 1.89. The van der Waals surface area contributed by atoms with Crippen molar-refractivity contribution in [3.8, 4) is 0 Å². The summed E-state index contributed by atoms with van der Waals surface area (Å²) in [4.78, 5) is 7.52. The first kappa shape index (κ1) is 10.2. The van der Waals surface area contributed by atoms with Gasteiger partial charge in [0.15, 0.2) is 0 Å². The summed E-state index contributed by atoms with van der Waals surface area (Å²) in [6, 6.07) is 10.5. The Balaban J connectivity index is 1.85. The number of benzene rings is 1. The van der Waals surface area contributed by atoms with Gasteiger partial charge in [-0.25, -0.2) is 0 Å². The first-order chi connectivity index (χ1) is 7.38. The van der Waals surface area contributed by atoms with Crippen LogP contribution in [0, 0.1) is 0 Å². The third kappa shape index (κ3) is 2.80. The second-order valence-corrected chi connectivity index (χ2v) is 3.87. The third-order valence-corrected chi connectivity index (χ3v) is 2.70. The number of hydrogen-bond donors (Lipinski definition) is 0. The van der Waals surface area contributed by atoms with Crippen LogP contribution in [0.5, 0.6) is 0 Å². The van der Waals surface area contributed by atoms with Gasteiger partial charge >= 0.3 is 0 Å². The van der Waals surface area contributed by atoms with Crippen LogP contribution in [0.15, 0.2) is 35.5 Å². The van der Waals surface area contributed by atoms with E-state index in [0.717, 1.165) is 26.1 Å². The third-order valence-electron chi connectivity index (χ3n) is 2.70. The van der Waals surface area contributed by atoms with E-state index in [1.54, 1.807) is 0 Å². The largest absolute Gasteiger partial charge is 0.392 e. The Hall–Kier alpha value is -1.35. The summed E-state index contributed by atoms with van der Waals surface area (Å²) in [7, 11) is 0. The smallest absolute Gasteiger partial charge is 0.141 e. The second-order valence-electron chi connectivity index (χ2n) is 3.87. The molecule has 0 saturated carbocycles. The Bertz CT molecular complexity index is 313. The molecule has 0 radical (unpaired) electrons. The zero-order valence-corrected chi connectivity index (χ0v) is 8.80. The van der Waals surface area contributed by atoms with Crippen LogP contribution >= 0.6 is 0 Å². The Kier molecular flexibility index (Phi) is 3.35. The molecule has 15 heavy (non-hydrogen) atoms. The van der Waals surface area contributed by atoms with Crippen molar-refractivity contribution >= 4 is 6.72 Å². The fraction of sp³-hybridized carbons (Fsp3) is 0.417. The first-order valence-electron chi connectivity index (χ1n) is 5.26.